The van der Waals surface area contributed by atoms with E-state index in [0.717, 1.165) is 12.2 Å². The summed E-state index contributed by atoms with van der Waals surface area (Å²) in [6, 6.07) is 7.96. The van der Waals surface area contributed by atoms with Crippen molar-refractivity contribution in [3.63, 3.8) is 0 Å². The van der Waals surface area contributed by atoms with Crippen LogP contribution >= 0.6 is 11.3 Å². The molecule has 0 saturated carbocycles. The Morgan fingerprint density at radius 2 is 2.33 bits per heavy atom. The molecular formula is C14H13N3S. The van der Waals surface area contributed by atoms with E-state index in [9.17, 15) is 0 Å². The van der Waals surface area contributed by atoms with E-state index in [1.807, 2.05) is 23.5 Å². The van der Waals surface area contributed by atoms with E-state index in [4.69, 9.17) is 5.26 Å². The number of nitrogens with zero attached hydrogens (tertiary/aromatic N) is 2. The van der Waals surface area contributed by atoms with Gasteiger partial charge >= 0.3 is 0 Å². The molecule has 0 bridgehead atoms. The minimum atomic E-state index is 0.454. The van der Waals surface area contributed by atoms with Gasteiger partial charge in [-0.25, -0.2) is 4.98 Å². The highest BCUT2D eigenvalue weighted by Crippen LogP contribution is 2.30. The van der Waals surface area contributed by atoms with Crippen molar-refractivity contribution >= 4 is 17.0 Å². The molecule has 0 fully saturated rings. The molecule has 2 aromatic rings. The van der Waals surface area contributed by atoms with Gasteiger partial charge in [-0.1, -0.05) is 0 Å². The van der Waals surface area contributed by atoms with Gasteiger partial charge in [-0.2, -0.15) is 5.26 Å². The Balaban J connectivity index is 1.64. The van der Waals surface area contributed by atoms with E-state index in [-0.39, 0.29) is 0 Å². The first kappa shape index (κ1) is 11.2. The van der Waals surface area contributed by atoms with Gasteiger partial charge < -0.3 is 5.32 Å². The lowest BCUT2D eigenvalue weighted by Gasteiger charge is -2.03. The molecule has 1 N–H and O–H groups in total. The van der Waals surface area contributed by atoms with Crippen LogP contribution < -0.4 is 5.32 Å². The topological polar surface area (TPSA) is 48.7 Å². The van der Waals surface area contributed by atoms with Gasteiger partial charge in [-0.3, -0.25) is 0 Å². The molecule has 1 aliphatic rings. The number of fused-ring (bicyclic) bond motifs is 1. The van der Waals surface area contributed by atoms with Crippen LogP contribution in [0.2, 0.25) is 0 Å². The summed E-state index contributed by atoms with van der Waals surface area (Å²) in [5, 5.41) is 12.0. The molecule has 0 amide bonds. The molecule has 0 spiro atoms. The molecule has 3 rings (SSSR count). The second-order valence-corrected chi connectivity index (χ2v) is 5.63. The Morgan fingerprint density at radius 1 is 1.39 bits per heavy atom. The van der Waals surface area contributed by atoms with Crippen LogP contribution in [0.25, 0.3) is 0 Å². The molecule has 2 aromatic heterocycles. The quantitative estimate of drug-likeness (QED) is 0.916. The summed E-state index contributed by atoms with van der Waals surface area (Å²) in [5.41, 5.74) is 2.95. The molecule has 0 unspecified atom stereocenters. The number of anilines is 1. The number of rotatable bonds is 3. The lowest BCUT2D eigenvalue weighted by molar-refractivity contribution is 0.913. The zero-order chi connectivity index (χ0) is 12.4. The molecule has 0 radical (unpaired) electrons. The van der Waals surface area contributed by atoms with Gasteiger partial charge in [0.05, 0.1) is 11.9 Å². The monoisotopic (exact) mass is 255 g/mol. The van der Waals surface area contributed by atoms with Crippen LogP contribution in [0.1, 0.15) is 27.4 Å². The fourth-order valence-corrected chi connectivity index (χ4v) is 3.43. The summed E-state index contributed by atoms with van der Waals surface area (Å²) in [6.45, 7) is 0.839. The minimum Gasteiger partial charge on any atom is -0.379 e. The predicted molar refractivity (Wildman–Crippen MR) is 72.6 cm³/mol. The third-order valence-corrected chi connectivity index (χ3v) is 4.38. The number of hydrogen-bond acceptors (Lipinski definition) is 4. The van der Waals surface area contributed by atoms with Crippen molar-refractivity contribution in [2.75, 3.05) is 5.32 Å². The van der Waals surface area contributed by atoms with Gasteiger partial charge in [0.1, 0.15) is 11.8 Å². The normalized spacial score (nSPS) is 13.1. The maximum atomic E-state index is 8.67. The van der Waals surface area contributed by atoms with Crippen molar-refractivity contribution in [1.29, 1.82) is 5.26 Å². The molecule has 3 nitrogen and oxygen atoms in total. The Labute approximate surface area is 110 Å². The highest BCUT2D eigenvalue weighted by atomic mass is 32.1. The van der Waals surface area contributed by atoms with E-state index < -0.39 is 0 Å². The zero-order valence-electron chi connectivity index (χ0n) is 9.94. The minimum absolute atomic E-state index is 0.454. The predicted octanol–water partition coefficient (Wildman–Crippen LogP) is 3.12. The summed E-state index contributed by atoms with van der Waals surface area (Å²) < 4.78 is 0. The zero-order valence-corrected chi connectivity index (χ0v) is 10.8. The summed E-state index contributed by atoms with van der Waals surface area (Å²) in [7, 11) is 0. The van der Waals surface area contributed by atoms with Crippen molar-refractivity contribution in [1.82, 2.24) is 4.98 Å². The summed E-state index contributed by atoms with van der Waals surface area (Å²) in [5.74, 6) is 0. The van der Waals surface area contributed by atoms with Crippen LogP contribution in [0.3, 0.4) is 0 Å². The van der Waals surface area contributed by atoms with Crippen LogP contribution in [0.15, 0.2) is 24.4 Å². The Bertz CT molecular complexity index is 571. The number of aromatic nitrogens is 1. The SMILES string of the molecule is N#Cc1ccc(NCc2cc3c(s2)CCC3)cn1. The second kappa shape index (κ2) is 4.79. The highest BCUT2D eigenvalue weighted by Gasteiger charge is 2.14. The largest absolute Gasteiger partial charge is 0.379 e. The van der Waals surface area contributed by atoms with E-state index in [2.05, 4.69) is 16.4 Å². The van der Waals surface area contributed by atoms with Crippen molar-refractivity contribution in [3.05, 3.63) is 45.4 Å². The van der Waals surface area contributed by atoms with Crippen LogP contribution in [-0.2, 0) is 19.4 Å². The molecule has 2 heterocycles. The molecule has 18 heavy (non-hydrogen) atoms. The van der Waals surface area contributed by atoms with Gasteiger partial charge in [0.25, 0.3) is 0 Å². The molecule has 4 heteroatoms. The van der Waals surface area contributed by atoms with Gasteiger partial charge in [0.15, 0.2) is 0 Å². The third-order valence-electron chi connectivity index (χ3n) is 3.14. The van der Waals surface area contributed by atoms with E-state index in [0.29, 0.717) is 5.69 Å². The number of hydrogen-bond donors (Lipinski definition) is 1. The number of aryl methyl sites for hydroxylation is 2. The van der Waals surface area contributed by atoms with E-state index in [1.165, 1.54) is 29.7 Å². The van der Waals surface area contributed by atoms with Crippen molar-refractivity contribution in [2.24, 2.45) is 0 Å². The Kier molecular flexibility index (Phi) is 2.99. The van der Waals surface area contributed by atoms with Gasteiger partial charge in [0.2, 0.25) is 0 Å². The average Bonchev–Trinajstić information content (AvgIpc) is 2.97. The molecular weight excluding hydrogens is 242 g/mol. The Morgan fingerprint density at radius 3 is 3.06 bits per heavy atom. The molecule has 0 atom stereocenters. The van der Waals surface area contributed by atoms with Crippen molar-refractivity contribution < 1.29 is 0 Å². The second-order valence-electron chi connectivity index (χ2n) is 4.41. The maximum absolute atomic E-state index is 8.67. The summed E-state index contributed by atoms with van der Waals surface area (Å²) >= 11 is 1.91. The number of nitriles is 1. The number of thiophene rings is 1. The Hall–Kier alpha value is -1.86. The maximum Gasteiger partial charge on any atom is 0.140 e. The lowest BCUT2D eigenvalue weighted by atomic mass is 10.2. The van der Waals surface area contributed by atoms with Crippen LogP contribution in [0, 0.1) is 11.3 Å². The first-order valence-corrected chi connectivity index (χ1v) is 6.87. The van der Waals surface area contributed by atoms with Gasteiger partial charge in [0, 0.05) is 16.3 Å². The summed E-state index contributed by atoms with van der Waals surface area (Å²) in [6.07, 6.45) is 5.51. The fraction of sp³-hybridized carbons (Fsp3) is 0.286. The first-order valence-electron chi connectivity index (χ1n) is 6.05. The third kappa shape index (κ3) is 2.22. The van der Waals surface area contributed by atoms with Crippen LogP contribution in [0.4, 0.5) is 5.69 Å². The first-order chi connectivity index (χ1) is 8.85. The van der Waals surface area contributed by atoms with E-state index >= 15 is 0 Å². The van der Waals surface area contributed by atoms with E-state index in [1.54, 1.807) is 17.1 Å². The van der Waals surface area contributed by atoms with Gasteiger partial charge in [-0.15, -0.1) is 11.3 Å². The smallest absolute Gasteiger partial charge is 0.140 e. The molecule has 90 valence electrons. The standard InChI is InChI=1S/C14H13N3S/c15-7-11-4-5-12(8-16-11)17-9-13-6-10-2-1-3-14(10)18-13/h4-6,8,17H,1-3,9H2. The molecule has 0 saturated heterocycles. The summed E-state index contributed by atoms with van der Waals surface area (Å²) in [4.78, 5) is 6.98. The molecule has 0 aliphatic heterocycles. The lowest BCUT2D eigenvalue weighted by Crippen LogP contribution is -1.98. The molecule has 0 aromatic carbocycles. The number of nitrogens with one attached hydrogen (secondary N) is 1. The molecule has 1 aliphatic carbocycles. The number of pyridine rings is 1. The van der Waals surface area contributed by atoms with Gasteiger partial charge in [-0.05, 0) is 43.0 Å². The van der Waals surface area contributed by atoms with Crippen LogP contribution in [-0.4, -0.2) is 4.98 Å². The van der Waals surface area contributed by atoms with Crippen LogP contribution in [0.5, 0.6) is 0 Å². The fourth-order valence-electron chi connectivity index (χ4n) is 2.23. The van der Waals surface area contributed by atoms with Crippen molar-refractivity contribution in [3.8, 4) is 6.07 Å². The average molecular weight is 255 g/mol. The highest BCUT2D eigenvalue weighted by molar-refractivity contribution is 7.12. The van der Waals surface area contributed by atoms with Crippen molar-refractivity contribution in [2.45, 2.75) is 25.8 Å².